The molecular weight excluding hydrogens is 468 g/mol. The third kappa shape index (κ3) is 5.36. The molecule has 7 heteroatoms. The molecule has 0 bridgehead atoms. The van der Waals surface area contributed by atoms with Crippen molar-refractivity contribution in [1.29, 1.82) is 0 Å². The number of aliphatic imine (C=N–C) groups is 1. The number of allylic oxidation sites excluding steroid dienone is 1. The van der Waals surface area contributed by atoms with E-state index >= 15 is 0 Å². The largest absolute Gasteiger partial charge is 0.340 e. The highest BCUT2D eigenvalue weighted by atomic mass is 32.2. The van der Waals surface area contributed by atoms with Crippen LogP contribution in [0.5, 0.6) is 0 Å². The van der Waals surface area contributed by atoms with Gasteiger partial charge >= 0.3 is 0 Å². The number of rotatable bonds is 8. The van der Waals surface area contributed by atoms with Crippen LogP contribution in [0.1, 0.15) is 63.6 Å². The van der Waals surface area contributed by atoms with Crippen molar-refractivity contribution in [2.24, 2.45) is 4.99 Å². The maximum absolute atomic E-state index is 13.7. The third-order valence-electron chi connectivity index (χ3n) is 6.94. The number of likely N-dealkylation sites (N-methyl/N-ethyl adjacent to an activating group) is 1. The van der Waals surface area contributed by atoms with Gasteiger partial charge in [-0.05, 0) is 56.9 Å². The lowest BCUT2D eigenvalue weighted by Crippen LogP contribution is -2.45. The molecule has 2 atom stereocenters. The van der Waals surface area contributed by atoms with E-state index in [9.17, 15) is 9.59 Å². The predicted octanol–water partition coefficient (Wildman–Crippen LogP) is 5.81. The van der Waals surface area contributed by atoms with Gasteiger partial charge in [0, 0.05) is 31.1 Å². The Balaban J connectivity index is 1.68. The number of nitrogens with one attached hydrogen (secondary N) is 1. The van der Waals surface area contributed by atoms with E-state index in [1.807, 2.05) is 81.1 Å². The van der Waals surface area contributed by atoms with Crippen molar-refractivity contribution >= 4 is 34.4 Å². The molecule has 0 aromatic heterocycles. The van der Waals surface area contributed by atoms with Gasteiger partial charge in [-0.2, -0.15) is 0 Å². The van der Waals surface area contributed by atoms with E-state index in [0.717, 1.165) is 52.0 Å². The van der Waals surface area contributed by atoms with Crippen molar-refractivity contribution in [2.45, 2.75) is 52.5 Å². The van der Waals surface area contributed by atoms with E-state index in [4.69, 9.17) is 4.99 Å². The highest BCUT2D eigenvalue weighted by Gasteiger charge is 2.38. The molecule has 2 aliphatic heterocycles. The number of carbonyl (C=O) groups excluding carboxylic acids is 2. The molecule has 1 saturated heterocycles. The Kier molecular flexibility index (Phi) is 8.52. The van der Waals surface area contributed by atoms with E-state index < -0.39 is 0 Å². The van der Waals surface area contributed by atoms with Gasteiger partial charge < -0.3 is 15.1 Å². The molecule has 1 fully saturated rings. The molecule has 2 aromatic rings. The summed E-state index contributed by atoms with van der Waals surface area (Å²) in [5.74, 6) is 0.823. The monoisotopic (exact) mass is 504 g/mol. The van der Waals surface area contributed by atoms with E-state index in [1.54, 1.807) is 11.8 Å². The number of thioether (sulfide) groups is 1. The van der Waals surface area contributed by atoms with Crippen molar-refractivity contribution in [3.8, 4) is 0 Å². The predicted molar refractivity (Wildman–Crippen MR) is 149 cm³/mol. The molecular formula is C29H36N4O2S. The Morgan fingerprint density at radius 3 is 2.56 bits per heavy atom. The fourth-order valence-electron chi connectivity index (χ4n) is 5.04. The maximum atomic E-state index is 13.7. The molecule has 0 radical (unpaired) electrons. The van der Waals surface area contributed by atoms with Crippen molar-refractivity contribution in [2.75, 3.05) is 30.7 Å². The maximum Gasteiger partial charge on any atom is 0.254 e. The SMILES string of the molecule is CC[C@H](C(=O)Nc1cccc([C@H]2C(C(=O)N(CC)CC)=C(C)N=C3SCCCN32)c1)c1ccccc1. The summed E-state index contributed by atoms with van der Waals surface area (Å²) in [5, 5.41) is 4.12. The molecule has 2 amide bonds. The van der Waals surface area contributed by atoms with Crippen molar-refractivity contribution < 1.29 is 9.59 Å². The second-order valence-corrected chi connectivity index (χ2v) is 10.2. The van der Waals surface area contributed by atoms with Crippen LogP contribution >= 0.6 is 11.8 Å². The van der Waals surface area contributed by atoms with Crippen LogP contribution in [-0.2, 0) is 9.59 Å². The Morgan fingerprint density at radius 1 is 1.11 bits per heavy atom. The summed E-state index contributed by atoms with van der Waals surface area (Å²) in [7, 11) is 0. The first kappa shape index (κ1) is 26.0. The van der Waals surface area contributed by atoms with Gasteiger partial charge in [-0.15, -0.1) is 0 Å². The molecule has 2 heterocycles. The van der Waals surface area contributed by atoms with Crippen LogP contribution < -0.4 is 5.32 Å². The van der Waals surface area contributed by atoms with Gasteiger partial charge in [0.05, 0.1) is 23.2 Å². The van der Waals surface area contributed by atoms with Crippen LogP contribution in [0.4, 0.5) is 5.69 Å². The lowest BCUT2D eigenvalue weighted by atomic mass is 9.92. The van der Waals surface area contributed by atoms with E-state index in [-0.39, 0.29) is 23.8 Å². The molecule has 36 heavy (non-hydrogen) atoms. The smallest absolute Gasteiger partial charge is 0.254 e. The minimum absolute atomic E-state index is 0.0218. The van der Waals surface area contributed by atoms with E-state index in [0.29, 0.717) is 19.5 Å². The van der Waals surface area contributed by atoms with Gasteiger partial charge in [0.2, 0.25) is 5.91 Å². The van der Waals surface area contributed by atoms with E-state index in [1.165, 1.54) is 0 Å². The first-order valence-electron chi connectivity index (χ1n) is 12.9. The van der Waals surface area contributed by atoms with Gasteiger partial charge in [0.15, 0.2) is 5.17 Å². The normalized spacial score (nSPS) is 18.3. The second kappa shape index (κ2) is 11.8. The molecule has 1 N–H and O–H groups in total. The molecule has 0 unspecified atom stereocenters. The number of nitrogens with zero attached hydrogens (tertiary/aromatic N) is 3. The van der Waals surface area contributed by atoms with Crippen molar-refractivity contribution in [3.63, 3.8) is 0 Å². The minimum atomic E-state index is -0.230. The molecule has 6 nitrogen and oxygen atoms in total. The number of benzene rings is 2. The number of amidine groups is 1. The summed E-state index contributed by atoms with van der Waals surface area (Å²) in [6, 6.07) is 17.6. The topological polar surface area (TPSA) is 65.0 Å². The van der Waals surface area contributed by atoms with Crippen LogP contribution in [0.3, 0.4) is 0 Å². The summed E-state index contributed by atoms with van der Waals surface area (Å²) in [4.78, 5) is 35.9. The van der Waals surface area contributed by atoms with Crippen molar-refractivity contribution in [1.82, 2.24) is 9.80 Å². The average molecular weight is 505 g/mol. The summed E-state index contributed by atoms with van der Waals surface area (Å²) in [5.41, 5.74) is 4.25. The Morgan fingerprint density at radius 2 is 1.86 bits per heavy atom. The summed E-state index contributed by atoms with van der Waals surface area (Å²) in [6.07, 6.45) is 1.76. The lowest BCUT2D eigenvalue weighted by Gasteiger charge is -2.41. The van der Waals surface area contributed by atoms with Crippen LogP contribution in [-0.4, -0.2) is 52.2 Å². The van der Waals surface area contributed by atoms with Gasteiger partial charge in [-0.25, -0.2) is 4.99 Å². The fourth-order valence-corrected chi connectivity index (χ4v) is 6.06. The standard InChI is InChI=1S/C29H36N4O2S/c1-5-24(21-13-9-8-10-14-21)27(34)31-23-16-11-15-22(19-23)26-25(28(35)32(6-2)7-3)20(4)30-29-33(26)17-12-18-36-29/h8-11,13-16,19,24,26H,5-7,12,17-18H2,1-4H3,(H,31,34)/t24-,26-/m0/s1. The molecule has 0 aliphatic carbocycles. The number of carbonyl (C=O) groups is 2. The lowest BCUT2D eigenvalue weighted by molar-refractivity contribution is -0.127. The Labute approximate surface area is 218 Å². The van der Waals surface area contributed by atoms with Crippen LogP contribution in [0, 0.1) is 0 Å². The quantitative estimate of drug-likeness (QED) is 0.493. The highest BCUT2D eigenvalue weighted by Crippen LogP contribution is 2.40. The van der Waals surface area contributed by atoms with Gasteiger partial charge in [-0.3, -0.25) is 9.59 Å². The number of fused-ring (bicyclic) bond motifs is 1. The highest BCUT2D eigenvalue weighted by molar-refractivity contribution is 8.13. The number of hydrogen-bond donors (Lipinski definition) is 1. The van der Waals surface area contributed by atoms with Crippen LogP contribution in [0.15, 0.2) is 70.9 Å². The zero-order valence-corrected chi connectivity index (χ0v) is 22.5. The molecule has 2 aliphatic rings. The molecule has 0 spiro atoms. The minimum Gasteiger partial charge on any atom is -0.340 e. The van der Waals surface area contributed by atoms with E-state index in [2.05, 4.69) is 16.3 Å². The van der Waals surface area contributed by atoms with Crippen molar-refractivity contribution in [3.05, 3.63) is 77.0 Å². The first-order chi connectivity index (χ1) is 17.5. The average Bonchev–Trinajstić information content (AvgIpc) is 2.89. The molecule has 190 valence electrons. The van der Waals surface area contributed by atoms with Gasteiger partial charge in [0.25, 0.3) is 5.91 Å². The molecule has 2 aromatic carbocycles. The summed E-state index contributed by atoms with van der Waals surface area (Å²) < 4.78 is 0. The molecule has 0 saturated carbocycles. The molecule has 4 rings (SSSR count). The summed E-state index contributed by atoms with van der Waals surface area (Å²) in [6.45, 7) is 10.1. The number of hydrogen-bond acceptors (Lipinski definition) is 5. The second-order valence-electron chi connectivity index (χ2n) is 9.16. The van der Waals surface area contributed by atoms with Gasteiger partial charge in [-0.1, -0.05) is 61.2 Å². The Hall–Kier alpha value is -3.06. The number of anilines is 1. The fraction of sp³-hybridized carbons (Fsp3) is 0.414. The first-order valence-corrected chi connectivity index (χ1v) is 13.9. The van der Waals surface area contributed by atoms with Crippen LogP contribution in [0.2, 0.25) is 0 Å². The Bertz CT molecular complexity index is 1160. The third-order valence-corrected chi connectivity index (χ3v) is 8.01. The van der Waals surface area contributed by atoms with Crippen LogP contribution in [0.25, 0.3) is 0 Å². The zero-order chi connectivity index (χ0) is 25.7. The number of amides is 2. The summed E-state index contributed by atoms with van der Waals surface area (Å²) >= 11 is 1.75. The zero-order valence-electron chi connectivity index (χ0n) is 21.7. The van der Waals surface area contributed by atoms with Gasteiger partial charge in [0.1, 0.15) is 0 Å².